The van der Waals surface area contributed by atoms with Gasteiger partial charge in [0.05, 0.1) is 6.42 Å². The molecule has 1 unspecified atom stereocenters. The summed E-state index contributed by atoms with van der Waals surface area (Å²) in [5.41, 5.74) is 0. The van der Waals surface area contributed by atoms with Crippen LogP contribution in [-0.2, 0) is 18.3 Å². The molecule has 1 aliphatic heterocycles. The number of nitrogens with zero attached hydrogens (tertiary/aromatic N) is 3. The Hall–Kier alpha value is -1.23. The number of Topliss-reactive ketones (excluding diaryl/α,β-unsaturated/α-hetero) is 1. The fraction of sp³-hybridized carbons (Fsp3) is 0.727. The van der Waals surface area contributed by atoms with E-state index in [9.17, 15) is 4.79 Å². The van der Waals surface area contributed by atoms with E-state index in [4.69, 9.17) is 0 Å². The van der Waals surface area contributed by atoms with Gasteiger partial charge in [0.25, 0.3) is 0 Å². The van der Waals surface area contributed by atoms with Crippen molar-refractivity contribution in [3.63, 3.8) is 0 Å². The van der Waals surface area contributed by atoms with Crippen molar-refractivity contribution < 1.29 is 4.79 Å². The zero-order valence-corrected chi connectivity index (χ0v) is 9.65. The topological polar surface area (TPSA) is 59.8 Å². The van der Waals surface area contributed by atoms with Crippen LogP contribution in [0, 0.1) is 5.92 Å². The fourth-order valence-electron chi connectivity index (χ4n) is 2.07. The number of hydrogen-bond donors (Lipinski definition) is 1. The Labute approximate surface area is 95.2 Å². The molecular formula is C11H18N4O. The lowest BCUT2D eigenvalue weighted by Crippen LogP contribution is -2.12. The van der Waals surface area contributed by atoms with E-state index in [0.29, 0.717) is 18.8 Å². The van der Waals surface area contributed by atoms with Gasteiger partial charge in [-0.2, -0.15) is 5.10 Å². The third-order valence-corrected chi connectivity index (χ3v) is 3.15. The maximum absolute atomic E-state index is 11.7. The van der Waals surface area contributed by atoms with Crippen LogP contribution >= 0.6 is 0 Å². The van der Waals surface area contributed by atoms with Crippen molar-refractivity contribution >= 4 is 5.78 Å². The largest absolute Gasteiger partial charge is 0.316 e. The Bertz CT molecular complexity index is 355. The van der Waals surface area contributed by atoms with Gasteiger partial charge in [-0.05, 0) is 31.8 Å². The van der Waals surface area contributed by atoms with E-state index in [0.717, 1.165) is 25.3 Å². The lowest BCUT2D eigenvalue weighted by Gasteiger charge is -2.06. The summed E-state index contributed by atoms with van der Waals surface area (Å²) in [6, 6.07) is 0. The molecule has 16 heavy (non-hydrogen) atoms. The van der Waals surface area contributed by atoms with E-state index in [2.05, 4.69) is 15.4 Å². The molecule has 0 bridgehead atoms. The summed E-state index contributed by atoms with van der Waals surface area (Å²) in [7, 11) is 1.82. The third kappa shape index (κ3) is 2.88. The highest BCUT2D eigenvalue weighted by Crippen LogP contribution is 2.14. The Balaban J connectivity index is 1.74. The van der Waals surface area contributed by atoms with Crippen LogP contribution in [0.3, 0.4) is 0 Å². The lowest BCUT2D eigenvalue weighted by molar-refractivity contribution is -0.118. The van der Waals surface area contributed by atoms with E-state index in [1.54, 1.807) is 4.68 Å². The van der Waals surface area contributed by atoms with E-state index >= 15 is 0 Å². The second kappa shape index (κ2) is 5.21. The van der Waals surface area contributed by atoms with Gasteiger partial charge in [-0.1, -0.05) is 0 Å². The van der Waals surface area contributed by atoms with Crippen LogP contribution in [0.4, 0.5) is 0 Å². The normalized spacial score (nSPS) is 20.2. The van der Waals surface area contributed by atoms with Crippen molar-refractivity contribution in [2.24, 2.45) is 13.0 Å². The molecule has 1 N–H and O–H groups in total. The highest BCUT2D eigenvalue weighted by Gasteiger charge is 2.16. The van der Waals surface area contributed by atoms with E-state index in [1.807, 2.05) is 7.05 Å². The number of carbonyl (C=O) groups excluding carboxylic acids is 1. The first kappa shape index (κ1) is 11.3. The number of aryl methyl sites for hydroxylation is 1. The average molecular weight is 222 g/mol. The summed E-state index contributed by atoms with van der Waals surface area (Å²) in [5, 5.41) is 7.26. The van der Waals surface area contributed by atoms with Crippen LogP contribution in [0.1, 0.15) is 25.1 Å². The molecule has 0 saturated carbocycles. The van der Waals surface area contributed by atoms with Crippen LogP contribution in [0.25, 0.3) is 0 Å². The quantitative estimate of drug-likeness (QED) is 0.779. The molecule has 2 heterocycles. The van der Waals surface area contributed by atoms with Crippen molar-refractivity contribution in [3.05, 3.63) is 12.2 Å². The molecule has 1 aromatic heterocycles. The van der Waals surface area contributed by atoms with Gasteiger partial charge in [-0.15, -0.1) is 0 Å². The van der Waals surface area contributed by atoms with Crippen LogP contribution in [0.2, 0.25) is 0 Å². The second-order valence-corrected chi connectivity index (χ2v) is 4.41. The Kier molecular flexibility index (Phi) is 3.66. The number of carbonyl (C=O) groups is 1. The van der Waals surface area contributed by atoms with E-state index in [-0.39, 0.29) is 5.78 Å². The molecule has 1 fully saturated rings. The summed E-state index contributed by atoms with van der Waals surface area (Å²) in [6.07, 6.45) is 4.78. The minimum absolute atomic E-state index is 0.267. The predicted molar refractivity (Wildman–Crippen MR) is 59.9 cm³/mol. The van der Waals surface area contributed by atoms with Gasteiger partial charge in [-0.3, -0.25) is 9.48 Å². The predicted octanol–water partition coefficient (Wildman–Crippen LogP) is 0.316. The maximum atomic E-state index is 11.7. The Morgan fingerprint density at radius 2 is 2.56 bits per heavy atom. The molecule has 5 nitrogen and oxygen atoms in total. The van der Waals surface area contributed by atoms with Gasteiger partial charge in [0.15, 0.2) is 0 Å². The second-order valence-electron chi connectivity index (χ2n) is 4.41. The lowest BCUT2D eigenvalue weighted by atomic mass is 10.00. The van der Waals surface area contributed by atoms with Crippen LogP contribution in [0.5, 0.6) is 0 Å². The molecule has 5 heteroatoms. The molecule has 2 rings (SSSR count). The summed E-state index contributed by atoms with van der Waals surface area (Å²) in [6.45, 7) is 2.17. The van der Waals surface area contributed by atoms with E-state index < -0.39 is 0 Å². The first-order valence-electron chi connectivity index (χ1n) is 5.81. The number of rotatable bonds is 5. The molecule has 0 aliphatic carbocycles. The summed E-state index contributed by atoms with van der Waals surface area (Å²) >= 11 is 0. The molecule has 0 aromatic carbocycles. The molecule has 1 saturated heterocycles. The summed E-state index contributed by atoms with van der Waals surface area (Å²) < 4.78 is 1.66. The molecule has 88 valence electrons. The number of aromatic nitrogens is 3. The Morgan fingerprint density at radius 1 is 1.69 bits per heavy atom. The van der Waals surface area contributed by atoms with Gasteiger partial charge in [0.1, 0.15) is 17.9 Å². The monoisotopic (exact) mass is 222 g/mol. The first-order chi connectivity index (χ1) is 7.75. The van der Waals surface area contributed by atoms with Crippen LogP contribution < -0.4 is 5.32 Å². The standard InChI is InChI=1S/C11H18N4O/c1-15-11(13-8-14-15)6-10(16)3-2-9-4-5-12-7-9/h8-9,12H,2-7H2,1H3. The smallest absolute Gasteiger partial charge is 0.140 e. The fourth-order valence-corrected chi connectivity index (χ4v) is 2.07. The van der Waals surface area contributed by atoms with Gasteiger partial charge >= 0.3 is 0 Å². The van der Waals surface area contributed by atoms with Crippen molar-refractivity contribution in [1.29, 1.82) is 0 Å². The van der Waals surface area contributed by atoms with Crippen molar-refractivity contribution in [2.45, 2.75) is 25.7 Å². The van der Waals surface area contributed by atoms with Crippen molar-refractivity contribution in [1.82, 2.24) is 20.1 Å². The third-order valence-electron chi connectivity index (χ3n) is 3.15. The van der Waals surface area contributed by atoms with Crippen LogP contribution in [0.15, 0.2) is 6.33 Å². The van der Waals surface area contributed by atoms with Crippen molar-refractivity contribution in [2.75, 3.05) is 13.1 Å². The number of nitrogens with one attached hydrogen (secondary N) is 1. The zero-order chi connectivity index (χ0) is 11.4. The maximum Gasteiger partial charge on any atom is 0.140 e. The summed E-state index contributed by atoms with van der Waals surface area (Å²) in [4.78, 5) is 15.8. The highest BCUT2D eigenvalue weighted by atomic mass is 16.1. The first-order valence-corrected chi connectivity index (χ1v) is 5.81. The van der Waals surface area contributed by atoms with Gasteiger partial charge in [0.2, 0.25) is 0 Å². The van der Waals surface area contributed by atoms with Gasteiger partial charge in [0, 0.05) is 13.5 Å². The molecule has 1 aliphatic rings. The van der Waals surface area contributed by atoms with Gasteiger partial charge < -0.3 is 5.32 Å². The molecular weight excluding hydrogens is 204 g/mol. The van der Waals surface area contributed by atoms with Gasteiger partial charge in [-0.25, -0.2) is 4.98 Å². The average Bonchev–Trinajstić information content (AvgIpc) is 2.88. The summed E-state index contributed by atoms with van der Waals surface area (Å²) in [5.74, 6) is 1.71. The Morgan fingerprint density at radius 3 is 3.19 bits per heavy atom. The highest BCUT2D eigenvalue weighted by molar-refractivity contribution is 5.80. The minimum atomic E-state index is 0.267. The molecule has 1 aromatic rings. The van der Waals surface area contributed by atoms with Crippen LogP contribution in [-0.4, -0.2) is 33.6 Å². The van der Waals surface area contributed by atoms with E-state index in [1.165, 1.54) is 12.7 Å². The minimum Gasteiger partial charge on any atom is -0.316 e. The zero-order valence-electron chi connectivity index (χ0n) is 9.65. The molecule has 0 amide bonds. The number of ketones is 1. The molecule has 0 radical (unpaired) electrons. The molecule has 0 spiro atoms. The number of hydrogen-bond acceptors (Lipinski definition) is 4. The van der Waals surface area contributed by atoms with Crippen molar-refractivity contribution in [3.8, 4) is 0 Å². The SMILES string of the molecule is Cn1ncnc1CC(=O)CCC1CCNC1. The molecule has 1 atom stereocenters.